The number of hydrazone groups is 1. The zero-order chi connectivity index (χ0) is 11.4. The van der Waals surface area contributed by atoms with Crippen LogP contribution in [0.15, 0.2) is 23.3 Å². The highest BCUT2D eigenvalue weighted by molar-refractivity contribution is 6.30. The number of benzene rings is 1. The van der Waals surface area contributed by atoms with E-state index < -0.39 is 0 Å². The van der Waals surface area contributed by atoms with Gasteiger partial charge in [0.2, 0.25) is 0 Å². The summed E-state index contributed by atoms with van der Waals surface area (Å²) in [5.41, 5.74) is 2.87. The Balaban J connectivity index is 2.08. The Hall–Kier alpha value is -2.15. The molecule has 0 aliphatic rings. The molecule has 1 aromatic carbocycles. The lowest BCUT2D eigenvalue weighted by atomic mass is 10.2. The van der Waals surface area contributed by atoms with Crippen molar-refractivity contribution < 1.29 is 5.11 Å². The predicted octanol–water partition coefficient (Wildman–Crippen LogP) is 0.373. The number of H-pyrrole nitrogens is 1. The highest BCUT2D eigenvalue weighted by atomic mass is 35.5. The first-order chi connectivity index (χ1) is 7.75. The molecule has 0 atom stereocenters. The maximum atomic E-state index is 11.3. The van der Waals surface area contributed by atoms with Crippen molar-refractivity contribution in [1.29, 1.82) is 0 Å². The van der Waals surface area contributed by atoms with E-state index in [0.717, 1.165) is 0 Å². The van der Waals surface area contributed by atoms with Crippen molar-refractivity contribution in [1.82, 2.24) is 20.6 Å². The van der Waals surface area contributed by atoms with E-state index in [9.17, 15) is 5.11 Å². The third-order valence-corrected chi connectivity index (χ3v) is 1.92. The van der Waals surface area contributed by atoms with Crippen LogP contribution in [0.5, 0.6) is 5.75 Å². The van der Waals surface area contributed by atoms with Gasteiger partial charge in [-0.2, -0.15) is 10.3 Å². The number of hydrogen-bond donors (Lipinski definition) is 2. The highest BCUT2D eigenvalue weighted by Crippen LogP contribution is 2.17. The number of tetrazole rings is 1. The van der Waals surface area contributed by atoms with E-state index in [0.29, 0.717) is 10.6 Å². The first kappa shape index (κ1) is 10.4. The fourth-order valence-corrected chi connectivity index (χ4v) is 1.17. The van der Waals surface area contributed by atoms with E-state index in [1.165, 1.54) is 24.4 Å². The summed E-state index contributed by atoms with van der Waals surface area (Å²) < 4.78 is 0. The molecule has 1 aromatic heterocycles. The van der Waals surface area contributed by atoms with E-state index in [1.807, 2.05) is 0 Å². The summed E-state index contributed by atoms with van der Waals surface area (Å²) in [5, 5.41) is 28.4. The molecule has 0 saturated carbocycles. The second kappa shape index (κ2) is 4.58. The molecule has 0 fully saturated rings. The summed E-state index contributed by atoms with van der Waals surface area (Å²) in [6.45, 7) is 0. The van der Waals surface area contributed by atoms with Crippen LogP contribution in [0.25, 0.3) is 0 Å². The van der Waals surface area contributed by atoms with Crippen molar-refractivity contribution >= 4 is 23.8 Å². The highest BCUT2D eigenvalue weighted by Gasteiger charge is 1.94. The Bertz CT molecular complexity index is 497. The van der Waals surface area contributed by atoms with Crippen molar-refractivity contribution in [2.24, 2.45) is 5.10 Å². The molecule has 0 saturated heterocycles. The summed E-state index contributed by atoms with van der Waals surface area (Å²) in [7, 11) is 0. The summed E-state index contributed by atoms with van der Waals surface area (Å²) in [6, 6.07) is 4.41. The van der Waals surface area contributed by atoms with Gasteiger partial charge in [0, 0.05) is 5.02 Å². The minimum Gasteiger partial charge on any atom is -0.872 e. The van der Waals surface area contributed by atoms with Gasteiger partial charge in [0.1, 0.15) is 0 Å². The second-order valence-corrected chi connectivity index (χ2v) is 3.22. The van der Waals surface area contributed by atoms with Crippen LogP contribution < -0.4 is 10.5 Å². The number of rotatable bonds is 3. The van der Waals surface area contributed by atoms with Crippen LogP contribution in [0.3, 0.4) is 0 Å². The lowest BCUT2D eigenvalue weighted by Crippen LogP contribution is -1.98. The van der Waals surface area contributed by atoms with Crippen LogP contribution >= 0.6 is 11.6 Å². The fraction of sp³-hybridized carbons (Fsp3) is 0. The molecule has 1 heterocycles. The number of aromatic amines is 1. The van der Waals surface area contributed by atoms with Crippen molar-refractivity contribution in [3.63, 3.8) is 0 Å². The molecule has 0 bridgehead atoms. The van der Waals surface area contributed by atoms with E-state index in [-0.39, 0.29) is 11.7 Å². The van der Waals surface area contributed by atoms with Gasteiger partial charge < -0.3 is 5.11 Å². The number of anilines is 1. The van der Waals surface area contributed by atoms with Crippen molar-refractivity contribution in [3.05, 3.63) is 28.8 Å². The van der Waals surface area contributed by atoms with Gasteiger partial charge in [-0.25, -0.2) is 5.43 Å². The van der Waals surface area contributed by atoms with Crippen molar-refractivity contribution in [3.8, 4) is 5.75 Å². The molecule has 2 rings (SSSR count). The Labute approximate surface area is 95.1 Å². The van der Waals surface area contributed by atoms with E-state index in [4.69, 9.17) is 11.6 Å². The molecule has 0 spiro atoms. The van der Waals surface area contributed by atoms with Gasteiger partial charge in [-0.1, -0.05) is 28.5 Å². The Morgan fingerprint density at radius 3 is 3.12 bits per heavy atom. The minimum absolute atomic E-state index is 0.164. The fourth-order valence-electron chi connectivity index (χ4n) is 0.989. The molecule has 0 unspecified atom stereocenters. The van der Waals surface area contributed by atoms with Crippen LogP contribution in [0, 0.1) is 0 Å². The third-order valence-electron chi connectivity index (χ3n) is 1.69. The molecule has 0 amide bonds. The van der Waals surface area contributed by atoms with Gasteiger partial charge in [0.25, 0.3) is 5.95 Å². The molecule has 0 aliphatic carbocycles. The average molecular weight is 238 g/mol. The third kappa shape index (κ3) is 2.45. The normalized spacial score (nSPS) is 10.8. The summed E-state index contributed by atoms with van der Waals surface area (Å²) >= 11 is 5.73. The molecule has 2 N–H and O–H groups in total. The van der Waals surface area contributed by atoms with Gasteiger partial charge in [-0.3, -0.25) is 0 Å². The zero-order valence-electron chi connectivity index (χ0n) is 7.88. The zero-order valence-corrected chi connectivity index (χ0v) is 8.64. The van der Waals surface area contributed by atoms with Gasteiger partial charge in [-0.05, 0) is 22.9 Å². The molecule has 2 aromatic rings. The number of halogens is 1. The summed E-state index contributed by atoms with van der Waals surface area (Å²) in [4.78, 5) is 0. The van der Waals surface area contributed by atoms with Gasteiger partial charge in [0.15, 0.2) is 0 Å². The second-order valence-electron chi connectivity index (χ2n) is 2.79. The van der Waals surface area contributed by atoms with Gasteiger partial charge >= 0.3 is 0 Å². The Morgan fingerprint density at radius 2 is 2.38 bits per heavy atom. The number of nitrogens with one attached hydrogen (secondary N) is 2. The molecule has 0 aliphatic heterocycles. The molecule has 0 radical (unpaired) electrons. The van der Waals surface area contributed by atoms with Crippen LogP contribution in [0.2, 0.25) is 5.02 Å². The first-order valence-electron chi connectivity index (χ1n) is 4.25. The van der Waals surface area contributed by atoms with Crippen LogP contribution in [0.4, 0.5) is 5.95 Å². The molecule has 7 nitrogen and oxygen atoms in total. The van der Waals surface area contributed by atoms with E-state index >= 15 is 0 Å². The van der Waals surface area contributed by atoms with E-state index in [2.05, 4.69) is 31.2 Å². The van der Waals surface area contributed by atoms with Gasteiger partial charge in [-0.15, -0.1) is 5.10 Å². The lowest BCUT2D eigenvalue weighted by molar-refractivity contribution is -0.268. The Morgan fingerprint density at radius 1 is 1.50 bits per heavy atom. The van der Waals surface area contributed by atoms with Crippen molar-refractivity contribution in [2.45, 2.75) is 0 Å². The van der Waals surface area contributed by atoms with Crippen LogP contribution in [-0.4, -0.2) is 26.8 Å². The lowest BCUT2D eigenvalue weighted by Gasteiger charge is -2.08. The standard InChI is InChI=1S/C8H7ClN6O/c9-6-1-2-7(16)5(3-6)4-10-11-8-12-14-15-13-8/h1-4,16H,(H2,11,12,13,14,15)/p-1/b10-4-. The molecule has 16 heavy (non-hydrogen) atoms. The molecular formula is C8H6ClN6O-. The monoisotopic (exact) mass is 237 g/mol. The first-order valence-corrected chi connectivity index (χ1v) is 4.62. The topological polar surface area (TPSA) is 102 Å². The summed E-state index contributed by atoms with van der Waals surface area (Å²) in [6.07, 6.45) is 1.34. The summed E-state index contributed by atoms with van der Waals surface area (Å²) in [5.74, 6) is 0.0498. The smallest absolute Gasteiger partial charge is 0.283 e. The van der Waals surface area contributed by atoms with Crippen LogP contribution in [-0.2, 0) is 0 Å². The minimum atomic E-state index is -0.164. The van der Waals surface area contributed by atoms with Gasteiger partial charge in [0.05, 0.1) is 6.21 Å². The van der Waals surface area contributed by atoms with E-state index in [1.54, 1.807) is 0 Å². The number of nitrogens with zero attached hydrogens (tertiary/aromatic N) is 4. The number of hydrogen-bond acceptors (Lipinski definition) is 6. The number of aromatic nitrogens is 4. The van der Waals surface area contributed by atoms with Crippen molar-refractivity contribution in [2.75, 3.05) is 5.43 Å². The molecule has 8 heteroatoms. The molecule has 82 valence electrons. The van der Waals surface area contributed by atoms with Crippen LogP contribution in [0.1, 0.15) is 5.56 Å². The Kier molecular flexibility index (Phi) is 2.97. The maximum absolute atomic E-state index is 11.3. The molecular weight excluding hydrogens is 232 g/mol. The SMILES string of the molecule is [O-]c1ccc(Cl)cc1/C=N\Nc1nn[nH]n1. The quantitative estimate of drug-likeness (QED) is 0.593. The maximum Gasteiger partial charge on any atom is 0.283 e. The average Bonchev–Trinajstić information content (AvgIpc) is 2.76. The predicted molar refractivity (Wildman–Crippen MR) is 56.3 cm³/mol. The largest absolute Gasteiger partial charge is 0.872 e.